The molecule has 0 bridgehead atoms. The fourth-order valence-corrected chi connectivity index (χ4v) is 17.1. The smallest absolute Gasteiger partial charge is 0.335 e. The van der Waals surface area contributed by atoms with Crippen LogP contribution >= 0.6 is 0 Å². The molecule has 1 amide bonds. The van der Waals surface area contributed by atoms with Crippen molar-refractivity contribution < 1.29 is 27.6 Å². The van der Waals surface area contributed by atoms with Crippen LogP contribution in [0.1, 0.15) is 55.4 Å². The molecule has 4 rings (SSSR count). The van der Waals surface area contributed by atoms with Gasteiger partial charge in [-0.3, -0.25) is 20.1 Å². The monoisotopic (exact) mass is 541 g/mol. The number of guanidine groups is 1. The van der Waals surface area contributed by atoms with E-state index in [9.17, 15) is 9.90 Å². The van der Waals surface area contributed by atoms with Crippen LogP contribution < -0.4 is 10.6 Å². The summed E-state index contributed by atoms with van der Waals surface area (Å²) >= 11 is 0. The SMILES string of the molecule is CN=C1NC(=O)C2N=CN([C@@H]3O[C@H]4CO[Si](C(C)C)(C(C)C)O[Si](C(C)C)(C(C)C)O[C@@H]4C3O)C2N1. The Balaban J connectivity index is 1.68. The predicted molar refractivity (Wildman–Crippen MR) is 141 cm³/mol. The predicted octanol–water partition coefficient (Wildman–Crippen LogP) is 1.77. The molecule has 204 valence electrons. The van der Waals surface area contributed by atoms with Gasteiger partial charge in [0.05, 0.1) is 12.9 Å². The fourth-order valence-electron chi connectivity index (χ4n) is 5.92. The maximum atomic E-state index is 12.5. The number of rotatable bonds is 5. The molecule has 3 fully saturated rings. The highest BCUT2D eigenvalue weighted by Crippen LogP contribution is 2.47. The van der Waals surface area contributed by atoms with E-state index < -0.39 is 53.9 Å². The molecule has 4 aliphatic heterocycles. The number of hydrogen-bond acceptors (Lipinski definition) is 9. The second-order valence-electron chi connectivity index (χ2n) is 11.4. The zero-order valence-electron chi connectivity index (χ0n) is 22.9. The zero-order chi connectivity index (χ0) is 26.6. The molecule has 0 aromatic rings. The molecule has 0 spiro atoms. The summed E-state index contributed by atoms with van der Waals surface area (Å²) in [7, 11) is -4.01. The van der Waals surface area contributed by atoms with Gasteiger partial charge in [0.1, 0.15) is 24.5 Å². The van der Waals surface area contributed by atoms with Gasteiger partial charge in [-0.1, -0.05) is 55.4 Å². The van der Waals surface area contributed by atoms with Gasteiger partial charge in [-0.2, -0.15) is 0 Å². The van der Waals surface area contributed by atoms with Gasteiger partial charge in [0.25, 0.3) is 5.91 Å². The van der Waals surface area contributed by atoms with Gasteiger partial charge in [-0.05, 0) is 22.2 Å². The number of aliphatic hydroxyl groups is 1. The van der Waals surface area contributed by atoms with E-state index in [0.717, 1.165) is 0 Å². The third-order valence-electron chi connectivity index (χ3n) is 7.93. The zero-order valence-corrected chi connectivity index (χ0v) is 24.9. The average molecular weight is 542 g/mol. The summed E-state index contributed by atoms with van der Waals surface area (Å²) in [6, 6.07) is -0.665. The van der Waals surface area contributed by atoms with Gasteiger partial charge in [-0.15, -0.1) is 0 Å². The number of aliphatic hydroxyl groups excluding tert-OH is 1. The van der Waals surface area contributed by atoms with Crippen LogP contribution in [-0.2, 0) is 22.5 Å². The molecule has 6 atom stereocenters. The molecule has 4 heterocycles. The van der Waals surface area contributed by atoms with Crippen molar-refractivity contribution in [3.8, 4) is 0 Å². The Labute approximate surface area is 216 Å². The Morgan fingerprint density at radius 3 is 2.25 bits per heavy atom. The Bertz CT molecular complexity index is 884. The van der Waals surface area contributed by atoms with Gasteiger partial charge in [-0.25, -0.2) is 0 Å². The molecule has 13 heteroatoms. The molecule has 11 nitrogen and oxygen atoms in total. The Morgan fingerprint density at radius 1 is 1.08 bits per heavy atom. The van der Waals surface area contributed by atoms with E-state index in [1.807, 2.05) is 0 Å². The van der Waals surface area contributed by atoms with Gasteiger partial charge in [0, 0.05) is 7.05 Å². The first kappa shape index (κ1) is 27.7. The van der Waals surface area contributed by atoms with Crippen LogP contribution in [0.5, 0.6) is 0 Å². The molecule has 3 unspecified atom stereocenters. The Kier molecular flexibility index (Phi) is 7.75. The third-order valence-corrected chi connectivity index (χ3v) is 18.2. The molecular formula is C23H43N5O6Si2. The van der Waals surface area contributed by atoms with Crippen molar-refractivity contribution in [2.75, 3.05) is 13.7 Å². The highest BCUT2D eigenvalue weighted by Gasteiger charge is 2.62. The van der Waals surface area contributed by atoms with E-state index in [-0.39, 0.29) is 34.7 Å². The minimum Gasteiger partial charge on any atom is -0.414 e. The summed E-state index contributed by atoms with van der Waals surface area (Å²) in [4.78, 5) is 22.8. The van der Waals surface area contributed by atoms with Gasteiger partial charge < -0.3 is 33.0 Å². The lowest BCUT2D eigenvalue weighted by Gasteiger charge is -2.51. The quantitative estimate of drug-likeness (QED) is 0.450. The van der Waals surface area contributed by atoms with Crippen molar-refractivity contribution in [2.45, 2.75) is 114 Å². The van der Waals surface area contributed by atoms with Gasteiger partial charge >= 0.3 is 17.1 Å². The van der Waals surface area contributed by atoms with Crippen molar-refractivity contribution >= 4 is 35.3 Å². The summed E-state index contributed by atoms with van der Waals surface area (Å²) in [5, 5.41) is 17.5. The number of ether oxygens (including phenoxy) is 1. The topological polar surface area (TPSA) is 126 Å². The molecule has 0 aromatic heterocycles. The lowest BCUT2D eigenvalue weighted by atomic mass is 10.1. The summed E-state index contributed by atoms with van der Waals surface area (Å²) in [6.45, 7) is 17.6. The minimum atomic E-state index is -2.89. The van der Waals surface area contributed by atoms with Gasteiger partial charge in [0.15, 0.2) is 18.2 Å². The molecule has 3 N–H and O–H groups in total. The number of nitrogens with zero attached hydrogens (tertiary/aromatic N) is 3. The number of carbonyl (C=O) groups is 1. The van der Waals surface area contributed by atoms with E-state index in [0.29, 0.717) is 5.96 Å². The van der Waals surface area contributed by atoms with Crippen LogP contribution in [0.15, 0.2) is 9.98 Å². The number of nitrogens with one attached hydrogen (secondary N) is 2. The largest absolute Gasteiger partial charge is 0.414 e. The van der Waals surface area contributed by atoms with E-state index in [1.165, 1.54) is 0 Å². The highest BCUT2D eigenvalue weighted by atomic mass is 28.5. The summed E-state index contributed by atoms with van der Waals surface area (Å²) in [5.41, 5.74) is 0.708. The molecule has 0 radical (unpaired) electrons. The molecule has 0 aliphatic carbocycles. The second kappa shape index (κ2) is 10.1. The first-order valence-electron chi connectivity index (χ1n) is 13.1. The second-order valence-corrected chi connectivity index (χ2v) is 20.3. The number of fused-ring (bicyclic) bond motifs is 2. The first-order valence-corrected chi connectivity index (χ1v) is 17.0. The van der Waals surface area contributed by atoms with Crippen molar-refractivity contribution in [1.82, 2.24) is 15.5 Å². The van der Waals surface area contributed by atoms with Crippen molar-refractivity contribution in [1.29, 1.82) is 0 Å². The normalized spacial score (nSPS) is 36.8. The van der Waals surface area contributed by atoms with E-state index in [1.54, 1.807) is 18.3 Å². The summed E-state index contributed by atoms with van der Waals surface area (Å²) in [6.07, 6.45) is -1.80. The maximum Gasteiger partial charge on any atom is 0.335 e. The van der Waals surface area contributed by atoms with E-state index >= 15 is 0 Å². The van der Waals surface area contributed by atoms with Crippen LogP contribution in [0.25, 0.3) is 0 Å². The molecule has 0 aromatic carbocycles. The van der Waals surface area contributed by atoms with E-state index in [4.69, 9.17) is 17.7 Å². The average Bonchev–Trinajstić information content (AvgIpc) is 3.34. The minimum absolute atomic E-state index is 0.139. The van der Waals surface area contributed by atoms with Crippen LogP contribution in [-0.4, -0.2) is 95.7 Å². The maximum absolute atomic E-state index is 12.5. The standard InChI is InChI=1S/C23H43N5O6Si2/c1-12(2)35(13(3)4)31-10-16-19(33-36(34-35,14(5)6)15(7)8)18(29)22(32-16)28-11-25-17-20(28)26-23(24-9)27-21(17)30/h11-20,22,29H,10H2,1-9H3,(H2,24,26,27,30)/t16-,17?,18?,19-,20?,22+/m0/s1. The summed E-state index contributed by atoms with van der Waals surface area (Å²) < 4.78 is 27.4. The van der Waals surface area contributed by atoms with Crippen LogP contribution in [0, 0.1) is 0 Å². The first-order chi connectivity index (χ1) is 16.9. The van der Waals surface area contributed by atoms with Crippen LogP contribution in [0.2, 0.25) is 22.2 Å². The number of carbonyl (C=O) groups excluding carboxylic acids is 1. The van der Waals surface area contributed by atoms with Gasteiger partial charge in [0.2, 0.25) is 0 Å². The van der Waals surface area contributed by atoms with Crippen molar-refractivity contribution in [3.63, 3.8) is 0 Å². The number of aliphatic imine (C=N–C) groups is 2. The third kappa shape index (κ3) is 4.35. The molecular weight excluding hydrogens is 498 g/mol. The number of amides is 1. The Morgan fingerprint density at radius 2 is 1.69 bits per heavy atom. The Hall–Kier alpha value is -1.36. The van der Waals surface area contributed by atoms with E-state index in [2.05, 4.69) is 76.0 Å². The van der Waals surface area contributed by atoms with Crippen molar-refractivity contribution in [3.05, 3.63) is 0 Å². The highest BCUT2D eigenvalue weighted by molar-refractivity contribution is 6.84. The van der Waals surface area contributed by atoms with Crippen LogP contribution in [0.3, 0.4) is 0 Å². The molecule has 3 saturated heterocycles. The lowest BCUT2D eigenvalue weighted by molar-refractivity contribution is -0.125. The van der Waals surface area contributed by atoms with Crippen LogP contribution in [0.4, 0.5) is 0 Å². The fraction of sp³-hybridized carbons (Fsp3) is 0.870. The molecule has 4 aliphatic rings. The lowest BCUT2D eigenvalue weighted by Crippen LogP contribution is -2.67. The molecule has 36 heavy (non-hydrogen) atoms. The summed E-state index contributed by atoms with van der Waals surface area (Å²) in [5.74, 6) is 0.110. The molecule has 0 saturated carbocycles. The number of hydrogen-bond donors (Lipinski definition) is 3. The van der Waals surface area contributed by atoms with Crippen molar-refractivity contribution in [2.24, 2.45) is 9.98 Å².